The largest absolute Gasteiger partial charge is 0.480 e. The molecule has 1 aliphatic heterocycles. The predicted molar refractivity (Wildman–Crippen MR) is 83.3 cm³/mol. The average molecular weight is 316 g/mol. The van der Waals surface area contributed by atoms with E-state index in [0.29, 0.717) is 35.8 Å². The summed E-state index contributed by atoms with van der Waals surface area (Å²) < 4.78 is 1.63. The van der Waals surface area contributed by atoms with Gasteiger partial charge in [-0.2, -0.15) is 5.10 Å². The van der Waals surface area contributed by atoms with Crippen LogP contribution in [0.15, 0.2) is 12.3 Å². The van der Waals surface area contributed by atoms with Crippen LogP contribution in [0.5, 0.6) is 0 Å². The Labute approximate surface area is 133 Å². The number of nitrogens with zero attached hydrogens (tertiary/aromatic N) is 4. The summed E-state index contributed by atoms with van der Waals surface area (Å²) >= 11 is 0. The maximum atomic E-state index is 12.9. The van der Waals surface area contributed by atoms with Crippen LogP contribution in [-0.4, -0.2) is 49.1 Å². The van der Waals surface area contributed by atoms with E-state index in [2.05, 4.69) is 10.1 Å². The minimum Gasteiger partial charge on any atom is -0.480 e. The molecule has 0 spiro atoms. The summed E-state index contributed by atoms with van der Waals surface area (Å²) in [6, 6.07) is 1.06. The SMILES string of the molecule is Cc1cc2ncc(C(=O)N3CCC(C)CC3C(=O)O)c(C)n2n1. The molecule has 3 heterocycles. The highest BCUT2D eigenvalue weighted by Gasteiger charge is 2.36. The van der Waals surface area contributed by atoms with Crippen LogP contribution in [0.4, 0.5) is 0 Å². The number of carboxylic acids is 1. The van der Waals surface area contributed by atoms with Crippen molar-refractivity contribution in [1.82, 2.24) is 19.5 Å². The number of carbonyl (C=O) groups is 2. The number of carbonyl (C=O) groups excluding carboxylic acids is 1. The Morgan fingerprint density at radius 3 is 2.78 bits per heavy atom. The van der Waals surface area contributed by atoms with Gasteiger partial charge >= 0.3 is 5.97 Å². The van der Waals surface area contributed by atoms with Gasteiger partial charge in [-0.05, 0) is 32.6 Å². The molecule has 0 radical (unpaired) electrons. The third kappa shape index (κ3) is 2.67. The monoisotopic (exact) mass is 316 g/mol. The summed E-state index contributed by atoms with van der Waals surface area (Å²) in [5.41, 5.74) is 2.58. The van der Waals surface area contributed by atoms with Gasteiger partial charge in [0.15, 0.2) is 5.65 Å². The van der Waals surface area contributed by atoms with Crippen LogP contribution in [0.1, 0.15) is 41.5 Å². The number of hydrogen-bond donors (Lipinski definition) is 1. The molecule has 1 amide bonds. The van der Waals surface area contributed by atoms with E-state index in [1.807, 2.05) is 19.9 Å². The lowest BCUT2D eigenvalue weighted by atomic mass is 9.92. The highest BCUT2D eigenvalue weighted by atomic mass is 16.4. The van der Waals surface area contributed by atoms with Crippen LogP contribution < -0.4 is 0 Å². The van der Waals surface area contributed by atoms with Gasteiger partial charge in [0.2, 0.25) is 0 Å². The quantitative estimate of drug-likeness (QED) is 0.910. The molecule has 1 N–H and O–H groups in total. The Hall–Kier alpha value is -2.44. The van der Waals surface area contributed by atoms with Crippen molar-refractivity contribution in [3.05, 3.63) is 29.2 Å². The smallest absolute Gasteiger partial charge is 0.326 e. The van der Waals surface area contributed by atoms with Gasteiger partial charge < -0.3 is 10.0 Å². The molecule has 0 aromatic carbocycles. The van der Waals surface area contributed by atoms with Crippen LogP contribution in [0, 0.1) is 19.8 Å². The second-order valence-electron chi connectivity index (χ2n) is 6.30. The van der Waals surface area contributed by atoms with E-state index in [4.69, 9.17) is 0 Å². The van der Waals surface area contributed by atoms with Gasteiger partial charge in [0.05, 0.1) is 17.0 Å². The Morgan fingerprint density at radius 2 is 2.09 bits per heavy atom. The number of hydrogen-bond acceptors (Lipinski definition) is 4. The predicted octanol–water partition coefficient (Wildman–Crippen LogP) is 1.67. The third-order valence-electron chi connectivity index (χ3n) is 4.49. The van der Waals surface area contributed by atoms with Crippen molar-refractivity contribution < 1.29 is 14.7 Å². The van der Waals surface area contributed by atoms with E-state index in [1.54, 1.807) is 11.4 Å². The lowest BCUT2D eigenvalue weighted by Crippen LogP contribution is -2.50. The first-order valence-electron chi connectivity index (χ1n) is 7.74. The maximum absolute atomic E-state index is 12.9. The molecule has 1 saturated heterocycles. The Balaban J connectivity index is 1.99. The minimum atomic E-state index is -0.952. The van der Waals surface area contributed by atoms with E-state index in [-0.39, 0.29) is 5.91 Å². The van der Waals surface area contributed by atoms with E-state index in [1.165, 1.54) is 11.1 Å². The first-order chi connectivity index (χ1) is 10.9. The van der Waals surface area contributed by atoms with Crippen molar-refractivity contribution in [2.24, 2.45) is 5.92 Å². The summed E-state index contributed by atoms with van der Waals surface area (Å²) in [5.74, 6) is -0.938. The van der Waals surface area contributed by atoms with Gasteiger partial charge in [-0.3, -0.25) is 4.79 Å². The number of fused-ring (bicyclic) bond motifs is 1. The van der Waals surface area contributed by atoms with Crippen LogP contribution in [0.2, 0.25) is 0 Å². The van der Waals surface area contributed by atoms with Gasteiger partial charge in [0, 0.05) is 18.8 Å². The zero-order chi connectivity index (χ0) is 16.7. The van der Waals surface area contributed by atoms with Crippen molar-refractivity contribution >= 4 is 17.5 Å². The van der Waals surface area contributed by atoms with Gasteiger partial charge in [-0.15, -0.1) is 0 Å². The maximum Gasteiger partial charge on any atom is 0.326 e. The molecule has 3 rings (SSSR count). The number of amides is 1. The molecule has 0 saturated carbocycles. The molecule has 1 aliphatic rings. The van der Waals surface area contributed by atoms with Crippen molar-refractivity contribution in [3.63, 3.8) is 0 Å². The fraction of sp³-hybridized carbons (Fsp3) is 0.500. The first kappa shape index (κ1) is 15.5. The van der Waals surface area contributed by atoms with Crippen molar-refractivity contribution in [2.75, 3.05) is 6.54 Å². The standard InChI is InChI=1S/C16H20N4O3/c1-9-4-5-19(13(6-9)16(22)23)15(21)12-8-17-14-7-10(2)18-20(14)11(12)3/h7-9,13H,4-6H2,1-3H3,(H,22,23). The fourth-order valence-corrected chi connectivity index (χ4v) is 3.15. The molecule has 7 nitrogen and oxygen atoms in total. The molecule has 2 atom stereocenters. The lowest BCUT2D eigenvalue weighted by Gasteiger charge is -2.36. The summed E-state index contributed by atoms with van der Waals surface area (Å²) in [7, 11) is 0. The molecule has 2 aromatic rings. The summed E-state index contributed by atoms with van der Waals surface area (Å²) in [4.78, 5) is 30.1. The highest BCUT2D eigenvalue weighted by Crippen LogP contribution is 2.25. The Kier molecular flexibility index (Phi) is 3.79. The zero-order valence-electron chi connectivity index (χ0n) is 13.5. The molecule has 23 heavy (non-hydrogen) atoms. The second-order valence-corrected chi connectivity index (χ2v) is 6.30. The highest BCUT2D eigenvalue weighted by molar-refractivity contribution is 5.97. The van der Waals surface area contributed by atoms with Gasteiger partial charge in [0.1, 0.15) is 6.04 Å². The van der Waals surface area contributed by atoms with Crippen molar-refractivity contribution in [1.29, 1.82) is 0 Å². The topological polar surface area (TPSA) is 87.8 Å². The van der Waals surface area contributed by atoms with E-state index < -0.39 is 12.0 Å². The normalized spacial score (nSPS) is 21.6. The lowest BCUT2D eigenvalue weighted by molar-refractivity contribution is -0.144. The van der Waals surface area contributed by atoms with Crippen molar-refractivity contribution in [2.45, 2.75) is 39.7 Å². The number of piperidine rings is 1. The number of aryl methyl sites for hydroxylation is 2. The van der Waals surface area contributed by atoms with Gasteiger partial charge in [0.25, 0.3) is 5.91 Å². The van der Waals surface area contributed by atoms with E-state index in [9.17, 15) is 14.7 Å². The molecule has 2 aromatic heterocycles. The molecule has 0 aliphatic carbocycles. The number of likely N-dealkylation sites (tertiary alicyclic amines) is 1. The molecule has 2 unspecified atom stereocenters. The number of aliphatic carboxylic acids is 1. The summed E-state index contributed by atoms with van der Waals surface area (Å²) in [6.07, 6.45) is 2.81. The first-order valence-corrected chi connectivity index (χ1v) is 7.74. The minimum absolute atomic E-state index is 0.288. The average Bonchev–Trinajstić information content (AvgIpc) is 2.88. The summed E-state index contributed by atoms with van der Waals surface area (Å²) in [6.45, 7) is 6.13. The molecule has 7 heteroatoms. The van der Waals surface area contributed by atoms with Crippen LogP contribution in [-0.2, 0) is 4.79 Å². The van der Waals surface area contributed by atoms with Crippen molar-refractivity contribution in [3.8, 4) is 0 Å². The third-order valence-corrected chi connectivity index (χ3v) is 4.49. The molecule has 0 bridgehead atoms. The zero-order valence-corrected chi connectivity index (χ0v) is 13.5. The van der Waals surface area contributed by atoms with Crippen LogP contribution >= 0.6 is 0 Å². The van der Waals surface area contributed by atoms with Crippen LogP contribution in [0.25, 0.3) is 5.65 Å². The van der Waals surface area contributed by atoms with Gasteiger partial charge in [-0.1, -0.05) is 6.92 Å². The second kappa shape index (κ2) is 5.64. The van der Waals surface area contributed by atoms with E-state index >= 15 is 0 Å². The number of aromatic nitrogens is 3. The molecule has 122 valence electrons. The number of rotatable bonds is 2. The van der Waals surface area contributed by atoms with Crippen LogP contribution in [0.3, 0.4) is 0 Å². The molecular weight excluding hydrogens is 296 g/mol. The molecule has 1 fully saturated rings. The van der Waals surface area contributed by atoms with Gasteiger partial charge in [-0.25, -0.2) is 14.3 Å². The number of carboxylic acid groups (broad SMARTS) is 1. The Morgan fingerprint density at radius 1 is 1.35 bits per heavy atom. The molecular formula is C16H20N4O3. The fourth-order valence-electron chi connectivity index (χ4n) is 3.15. The summed E-state index contributed by atoms with van der Waals surface area (Å²) in [5, 5.41) is 13.8. The Bertz CT molecular complexity index is 783. The van der Waals surface area contributed by atoms with E-state index in [0.717, 1.165) is 12.1 Å².